The van der Waals surface area contributed by atoms with Crippen LogP contribution in [0.5, 0.6) is 0 Å². The van der Waals surface area contributed by atoms with Gasteiger partial charge >= 0.3 is 5.69 Å². The molecular weight excluding hydrogens is 258 g/mol. The first kappa shape index (κ1) is 13.4. The minimum atomic E-state index is -0.526. The number of aromatic nitrogens is 2. The van der Waals surface area contributed by atoms with Crippen LogP contribution in [0.3, 0.4) is 0 Å². The Kier molecular flexibility index (Phi) is 3.41. The van der Waals surface area contributed by atoms with Crippen molar-refractivity contribution in [3.8, 4) is 0 Å². The standard InChI is InChI=1S/C14H21N3O3/c15-11-9-17(13(19)16-12(11)18)8-10-4-7-14(20-10)5-2-1-3-6-14/h9-10H,1-8,15H2,(H,16,18,19). The minimum absolute atomic E-state index is 0.0381. The van der Waals surface area contributed by atoms with Crippen LogP contribution >= 0.6 is 0 Å². The van der Waals surface area contributed by atoms with Crippen LogP contribution in [-0.4, -0.2) is 21.3 Å². The molecule has 1 saturated heterocycles. The third kappa shape index (κ3) is 2.52. The predicted octanol–water partition coefficient (Wildman–Crippen LogP) is 1.00. The normalized spacial score (nSPS) is 25.1. The Hall–Kier alpha value is -1.56. The maximum Gasteiger partial charge on any atom is 0.328 e. The van der Waals surface area contributed by atoms with E-state index in [1.807, 2.05) is 0 Å². The molecule has 1 aromatic heterocycles. The lowest BCUT2D eigenvalue weighted by Gasteiger charge is -2.33. The number of hydrogen-bond donors (Lipinski definition) is 2. The molecule has 3 rings (SSSR count). The molecule has 0 bridgehead atoms. The lowest BCUT2D eigenvalue weighted by molar-refractivity contribution is -0.0683. The number of aromatic amines is 1. The van der Waals surface area contributed by atoms with E-state index in [2.05, 4.69) is 4.98 Å². The zero-order valence-corrected chi connectivity index (χ0v) is 11.6. The van der Waals surface area contributed by atoms with E-state index < -0.39 is 11.2 Å². The van der Waals surface area contributed by atoms with Gasteiger partial charge < -0.3 is 10.5 Å². The molecule has 1 atom stereocenters. The smallest absolute Gasteiger partial charge is 0.328 e. The van der Waals surface area contributed by atoms with Gasteiger partial charge in [-0.25, -0.2) is 4.79 Å². The Bertz CT molecular complexity index is 598. The third-order valence-electron chi connectivity index (χ3n) is 4.54. The summed E-state index contributed by atoms with van der Waals surface area (Å²) in [6, 6.07) is 0. The van der Waals surface area contributed by atoms with E-state index in [4.69, 9.17) is 10.5 Å². The van der Waals surface area contributed by atoms with Gasteiger partial charge in [0.1, 0.15) is 5.69 Å². The molecule has 6 nitrogen and oxygen atoms in total. The molecule has 0 amide bonds. The first-order chi connectivity index (χ1) is 9.58. The van der Waals surface area contributed by atoms with Crippen molar-refractivity contribution in [3.05, 3.63) is 27.0 Å². The minimum Gasteiger partial charge on any atom is -0.393 e. The van der Waals surface area contributed by atoms with Crippen LogP contribution in [0, 0.1) is 0 Å². The van der Waals surface area contributed by atoms with Gasteiger partial charge in [-0.05, 0) is 25.7 Å². The summed E-state index contributed by atoms with van der Waals surface area (Å²) in [6.07, 6.45) is 9.52. The van der Waals surface area contributed by atoms with Crippen LogP contribution in [0.15, 0.2) is 15.8 Å². The van der Waals surface area contributed by atoms with Crippen molar-refractivity contribution in [2.75, 3.05) is 5.73 Å². The fourth-order valence-electron chi connectivity index (χ4n) is 3.47. The Morgan fingerprint density at radius 2 is 2.05 bits per heavy atom. The van der Waals surface area contributed by atoms with Crippen LogP contribution in [0.1, 0.15) is 44.9 Å². The molecule has 1 saturated carbocycles. The number of hydrogen-bond acceptors (Lipinski definition) is 4. The van der Waals surface area contributed by atoms with Crippen molar-refractivity contribution in [2.45, 2.75) is 63.2 Å². The number of ether oxygens (including phenoxy) is 1. The molecule has 20 heavy (non-hydrogen) atoms. The van der Waals surface area contributed by atoms with E-state index in [1.54, 1.807) is 0 Å². The largest absolute Gasteiger partial charge is 0.393 e. The van der Waals surface area contributed by atoms with E-state index >= 15 is 0 Å². The number of rotatable bonds is 2. The molecule has 1 aromatic rings. The number of H-pyrrole nitrogens is 1. The molecule has 2 aliphatic rings. The summed E-state index contributed by atoms with van der Waals surface area (Å²) in [7, 11) is 0. The summed E-state index contributed by atoms with van der Waals surface area (Å²) in [5, 5.41) is 0. The van der Waals surface area contributed by atoms with Crippen molar-refractivity contribution in [2.24, 2.45) is 0 Å². The summed E-state index contributed by atoms with van der Waals surface area (Å²) in [5.74, 6) is 0. The van der Waals surface area contributed by atoms with Crippen molar-refractivity contribution >= 4 is 5.69 Å². The van der Waals surface area contributed by atoms with E-state index in [-0.39, 0.29) is 17.4 Å². The fraction of sp³-hybridized carbons (Fsp3) is 0.714. The van der Waals surface area contributed by atoms with Gasteiger partial charge in [0.25, 0.3) is 5.56 Å². The Morgan fingerprint density at radius 1 is 1.30 bits per heavy atom. The van der Waals surface area contributed by atoms with Crippen LogP contribution < -0.4 is 17.0 Å². The number of nitrogens with zero attached hydrogens (tertiary/aromatic N) is 1. The van der Waals surface area contributed by atoms with Gasteiger partial charge in [0, 0.05) is 6.20 Å². The quantitative estimate of drug-likeness (QED) is 0.845. The average Bonchev–Trinajstić information content (AvgIpc) is 2.79. The molecule has 0 radical (unpaired) electrons. The van der Waals surface area contributed by atoms with E-state index in [0.717, 1.165) is 25.7 Å². The number of nitrogen functional groups attached to an aromatic ring is 1. The molecule has 2 heterocycles. The van der Waals surface area contributed by atoms with Crippen LogP contribution in [-0.2, 0) is 11.3 Å². The molecule has 1 aliphatic heterocycles. The molecule has 2 fully saturated rings. The number of anilines is 1. The van der Waals surface area contributed by atoms with Crippen molar-refractivity contribution < 1.29 is 4.74 Å². The summed E-state index contributed by atoms with van der Waals surface area (Å²) in [4.78, 5) is 25.2. The van der Waals surface area contributed by atoms with Gasteiger partial charge in [-0.1, -0.05) is 19.3 Å². The molecule has 3 N–H and O–H groups in total. The second kappa shape index (κ2) is 5.09. The SMILES string of the molecule is Nc1cn(CC2CCC3(CCCCC3)O2)c(=O)[nH]c1=O. The first-order valence-corrected chi connectivity index (χ1v) is 7.35. The highest BCUT2D eigenvalue weighted by Gasteiger charge is 2.40. The fourth-order valence-corrected chi connectivity index (χ4v) is 3.47. The van der Waals surface area contributed by atoms with E-state index in [0.29, 0.717) is 6.54 Å². The average molecular weight is 279 g/mol. The summed E-state index contributed by atoms with van der Waals surface area (Å²) >= 11 is 0. The predicted molar refractivity (Wildman–Crippen MR) is 75.7 cm³/mol. The van der Waals surface area contributed by atoms with Crippen LogP contribution in [0.4, 0.5) is 5.69 Å². The summed E-state index contributed by atoms with van der Waals surface area (Å²) in [6.45, 7) is 0.460. The number of nitrogens with one attached hydrogen (secondary N) is 1. The highest BCUT2D eigenvalue weighted by atomic mass is 16.5. The monoisotopic (exact) mass is 279 g/mol. The zero-order chi connectivity index (χ0) is 14.2. The number of nitrogens with two attached hydrogens (primary N) is 1. The van der Waals surface area contributed by atoms with Gasteiger partial charge in [0.15, 0.2) is 0 Å². The molecule has 1 aliphatic carbocycles. The Morgan fingerprint density at radius 3 is 2.80 bits per heavy atom. The second-order valence-electron chi connectivity index (χ2n) is 6.02. The van der Waals surface area contributed by atoms with Crippen molar-refractivity contribution in [1.29, 1.82) is 0 Å². The molecule has 110 valence electrons. The maximum absolute atomic E-state index is 11.7. The molecule has 6 heteroatoms. The molecular formula is C14H21N3O3. The van der Waals surface area contributed by atoms with Crippen LogP contribution in [0.2, 0.25) is 0 Å². The van der Waals surface area contributed by atoms with E-state index in [1.165, 1.54) is 30.0 Å². The highest BCUT2D eigenvalue weighted by molar-refractivity contribution is 5.30. The topological polar surface area (TPSA) is 90.1 Å². The Labute approximate surface area is 116 Å². The first-order valence-electron chi connectivity index (χ1n) is 7.35. The lowest BCUT2D eigenvalue weighted by atomic mass is 9.83. The molecule has 1 unspecified atom stereocenters. The van der Waals surface area contributed by atoms with Gasteiger partial charge in [-0.3, -0.25) is 14.3 Å². The molecule has 0 aromatic carbocycles. The van der Waals surface area contributed by atoms with Gasteiger partial charge in [-0.2, -0.15) is 0 Å². The van der Waals surface area contributed by atoms with Crippen LogP contribution in [0.25, 0.3) is 0 Å². The second-order valence-corrected chi connectivity index (χ2v) is 6.02. The summed E-state index contributed by atoms with van der Waals surface area (Å²) < 4.78 is 7.67. The molecule has 1 spiro atoms. The zero-order valence-electron chi connectivity index (χ0n) is 11.6. The Balaban J connectivity index is 1.72. The van der Waals surface area contributed by atoms with Gasteiger partial charge in [-0.15, -0.1) is 0 Å². The van der Waals surface area contributed by atoms with Gasteiger partial charge in [0.2, 0.25) is 0 Å². The maximum atomic E-state index is 11.7. The third-order valence-corrected chi connectivity index (χ3v) is 4.54. The van der Waals surface area contributed by atoms with Crippen molar-refractivity contribution in [1.82, 2.24) is 9.55 Å². The summed E-state index contributed by atoms with van der Waals surface area (Å²) in [5.41, 5.74) is 4.72. The van der Waals surface area contributed by atoms with Crippen molar-refractivity contribution in [3.63, 3.8) is 0 Å². The highest BCUT2D eigenvalue weighted by Crippen LogP contribution is 2.42. The van der Waals surface area contributed by atoms with E-state index in [9.17, 15) is 9.59 Å². The lowest BCUT2D eigenvalue weighted by Crippen LogP contribution is -2.36. The van der Waals surface area contributed by atoms with Gasteiger partial charge in [0.05, 0.1) is 18.2 Å².